The minimum Gasteiger partial charge on any atom is -0.328 e. The monoisotopic (exact) mass is 380 g/mol. The number of carbonyl (C=O) groups is 1. The highest BCUT2D eigenvalue weighted by Gasteiger charge is 2.23. The summed E-state index contributed by atoms with van der Waals surface area (Å²) in [5.74, 6) is 0.0235. The fraction of sp³-hybridized carbons (Fsp3) is 0.154. The van der Waals surface area contributed by atoms with Gasteiger partial charge in [0.2, 0.25) is 0 Å². The van der Waals surface area contributed by atoms with Crippen LogP contribution in [0.1, 0.15) is 40.0 Å². The van der Waals surface area contributed by atoms with Crippen molar-refractivity contribution >= 4 is 16.8 Å². The lowest BCUT2D eigenvalue weighted by atomic mass is 10.0. The molecule has 0 fully saturated rings. The molecular weight excluding hydrogens is 356 g/mol. The Morgan fingerprint density at radius 3 is 2.48 bits per heavy atom. The van der Waals surface area contributed by atoms with Gasteiger partial charge in [-0.1, -0.05) is 60.7 Å². The van der Waals surface area contributed by atoms with E-state index in [-0.39, 0.29) is 11.9 Å². The zero-order valence-electron chi connectivity index (χ0n) is 16.7. The lowest BCUT2D eigenvalue weighted by Gasteiger charge is -2.30. The fourth-order valence-electron chi connectivity index (χ4n) is 3.64. The van der Waals surface area contributed by atoms with E-state index in [1.54, 1.807) is 6.20 Å². The van der Waals surface area contributed by atoms with Crippen LogP contribution in [0.3, 0.4) is 0 Å². The summed E-state index contributed by atoms with van der Waals surface area (Å²) in [5.41, 5.74) is 5.05. The number of benzene rings is 3. The van der Waals surface area contributed by atoms with Gasteiger partial charge >= 0.3 is 0 Å². The van der Waals surface area contributed by atoms with Crippen molar-refractivity contribution < 1.29 is 4.79 Å². The Bertz CT molecular complexity index is 1140. The van der Waals surface area contributed by atoms with E-state index >= 15 is 0 Å². The lowest BCUT2D eigenvalue weighted by Crippen LogP contribution is -2.33. The molecule has 0 aliphatic rings. The number of rotatable bonds is 5. The Labute approximate surface area is 171 Å². The number of aromatic nitrogens is 1. The highest BCUT2D eigenvalue weighted by atomic mass is 16.2. The number of hydrogen-bond acceptors (Lipinski definition) is 2. The molecule has 1 atom stereocenters. The molecule has 1 heterocycles. The molecule has 0 aliphatic carbocycles. The summed E-state index contributed by atoms with van der Waals surface area (Å²) in [6.45, 7) is 4.74. The van der Waals surface area contributed by atoms with Crippen molar-refractivity contribution in [3.8, 4) is 0 Å². The Balaban J connectivity index is 1.73. The summed E-state index contributed by atoms with van der Waals surface area (Å²) in [7, 11) is 0. The van der Waals surface area contributed by atoms with Crippen LogP contribution >= 0.6 is 0 Å². The second-order valence-electron chi connectivity index (χ2n) is 7.36. The summed E-state index contributed by atoms with van der Waals surface area (Å²) < 4.78 is 0. The normalized spacial score (nSPS) is 11.9. The average molecular weight is 380 g/mol. The van der Waals surface area contributed by atoms with E-state index in [9.17, 15) is 4.79 Å². The third-order valence-corrected chi connectivity index (χ3v) is 5.46. The first-order valence-electron chi connectivity index (χ1n) is 9.88. The second-order valence-corrected chi connectivity index (χ2v) is 7.36. The molecule has 0 aliphatic heterocycles. The summed E-state index contributed by atoms with van der Waals surface area (Å²) in [6.07, 6.45) is 1.77. The van der Waals surface area contributed by atoms with Gasteiger partial charge in [-0.25, -0.2) is 0 Å². The predicted molar refractivity (Wildman–Crippen MR) is 118 cm³/mol. The molecule has 4 rings (SSSR count). The number of pyridine rings is 1. The first kappa shape index (κ1) is 18.9. The number of hydrogen-bond donors (Lipinski definition) is 0. The van der Waals surface area contributed by atoms with Crippen molar-refractivity contribution in [2.75, 3.05) is 0 Å². The van der Waals surface area contributed by atoms with Crippen LogP contribution in [-0.2, 0) is 6.54 Å². The smallest absolute Gasteiger partial charge is 0.254 e. The number of amides is 1. The van der Waals surface area contributed by atoms with Crippen LogP contribution in [0.4, 0.5) is 0 Å². The van der Waals surface area contributed by atoms with Gasteiger partial charge in [0.25, 0.3) is 5.91 Å². The van der Waals surface area contributed by atoms with E-state index in [1.807, 2.05) is 65.6 Å². The van der Waals surface area contributed by atoms with E-state index in [1.165, 1.54) is 5.56 Å². The number of carbonyl (C=O) groups excluding carboxylic acids is 1. The number of fused-ring (bicyclic) bond motifs is 1. The predicted octanol–water partition coefficient (Wildman–Crippen LogP) is 5.95. The van der Waals surface area contributed by atoms with Gasteiger partial charge in [0.15, 0.2) is 0 Å². The topological polar surface area (TPSA) is 33.2 Å². The Hall–Kier alpha value is -3.46. The summed E-state index contributed by atoms with van der Waals surface area (Å²) in [4.78, 5) is 19.9. The van der Waals surface area contributed by atoms with Crippen LogP contribution < -0.4 is 0 Å². The Morgan fingerprint density at radius 1 is 0.931 bits per heavy atom. The SMILES string of the molecule is Cc1ccccc1CN(C(=O)c1ccc2ncccc2c1)C(C)c1ccccc1. The number of aryl methyl sites for hydroxylation is 1. The van der Waals surface area contributed by atoms with Crippen molar-refractivity contribution in [1.82, 2.24) is 9.88 Å². The van der Waals surface area contributed by atoms with E-state index in [2.05, 4.69) is 43.1 Å². The Kier molecular flexibility index (Phi) is 5.39. The van der Waals surface area contributed by atoms with Gasteiger partial charge in [0.1, 0.15) is 0 Å². The van der Waals surface area contributed by atoms with Crippen molar-refractivity contribution in [3.05, 3.63) is 113 Å². The molecule has 0 spiro atoms. The van der Waals surface area contributed by atoms with Gasteiger partial charge in [0.05, 0.1) is 11.6 Å². The molecule has 0 radical (unpaired) electrons. The third kappa shape index (κ3) is 4.04. The van der Waals surface area contributed by atoms with Crippen LogP contribution in [0.25, 0.3) is 10.9 Å². The van der Waals surface area contributed by atoms with Crippen molar-refractivity contribution in [3.63, 3.8) is 0 Å². The molecule has 0 saturated heterocycles. The highest BCUT2D eigenvalue weighted by Crippen LogP contribution is 2.26. The van der Waals surface area contributed by atoms with Crippen molar-refractivity contribution in [1.29, 1.82) is 0 Å². The first-order valence-corrected chi connectivity index (χ1v) is 9.88. The minimum absolute atomic E-state index is 0.0235. The molecule has 29 heavy (non-hydrogen) atoms. The molecule has 0 bridgehead atoms. The van der Waals surface area contributed by atoms with Crippen LogP contribution in [0, 0.1) is 6.92 Å². The number of nitrogens with zero attached hydrogens (tertiary/aromatic N) is 2. The molecule has 1 unspecified atom stereocenters. The van der Waals surface area contributed by atoms with Gasteiger partial charge in [-0.3, -0.25) is 9.78 Å². The maximum absolute atomic E-state index is 13.6. The van der Waals surface area contributed by atoms with Gasteiger partial charge < -0.3 is 4.90 Å². The summed E-state index contributed by atoms with van der Waals surface area (Å²) in [5, 5.41) is 0.974. The van der Waals surface area contributed by atoms with Crippen LogP contribution in [-0.4, -0.2) is 15.8 Å². The van der Waals surface area contributed by atoms with Crippen LogP contribution in [0.2, 0.25) is 0 Å². The largest absolute Gasteiger partial charge is 0.328 e. The molecule has 1 amide bonds. The molecule has 3 aromatic carbocycles. The van der Waals surface area contributed by atoms with E-state index in [4.69, 9.17) is 0 Å². The zero-order valence-corrected chi connectivity index (χ0v) is 16.7. The maximum atomic E-state index is 13.6. The fourth-order valence-corrected chi connectivity index (χ4v) is 3.64. The molecule has 3 nitrogen and oxygen atoms in total. The Morgan fingerprint density at radius 2 is 1.69 bits per heavy atom. The minimum atomic E-state index is -0.0482. The second kappa shape index (κ2) is 8.27. The van der Waals surface area contributed by atoms with Gasteiger partial charge in [-0.05, 0) is 54.8 Å². The van der Waals surface area contributed by atoms with Gasteiger partial charge in [-0.15, -0.1) is 0 Å². The average Bonchev–Trinajstić information content (AvgIpc) is 2.78. The summed E-state index contributed by atoms with van der Waals surface area (Å²) >= 11 is 0. The van der Waals surface area contributed by atoms with Crippen LogP contribution in [0.5, 0.6) is 0 Å². The molecule has 1 aromatic heterocycles. The molecule has 4 aromatic rings. The molecule has 144 valence electrons. The van der Waals surface area contributed by atoms with E-state index in [0.717, 1.165) is 22.0 Å². The van der Waals surface area contributed by atoms with Crippen molar-refractivity contribution in [2.45, 2.75) is 26.4 Å². The van der Waals surface area contributed by atoms with E-state index in [0.29, 0.717) is 12.1 Å². The van der Waals surface area contributed by atoms with Crippen LogP contribution in [0.15, 0.2) is 91.1 Å². The molecule has 0 saturated carbocycles. The standard InChI is InChI=1S/C26H24N2O/c1-19-9-6-7-12-24(19)18-28(20(2)21-10-4-3-5-11-21)26(29)23-14-15-25-22(17-23)13-8-16-27-25/h3-17,20H,18H2,1-2H3. The molecular formula is C26H24N2O. The quantitative estimate of drug-likeness (QED) is 0.429. The summed E-state index contributed by atoms with van der Waals surface area (Å²) in [6, 6.07) is 28.0. The van der Waals surface area contributed by atoms with E-state index < -0.39 is 0 Å². The van der Waals surface area contributed by atoms with Gasteiger partial charge in [-0.2, -0.15) is 0 Å². The van der Waals surface area contributed by atoms with Crippen molar-refractivity contribution in [2.24, 2.45) is 0 Å². The maximum Gasteiger partial charge on any atom is 0.254 e. The molecule has 0 N–H and O–H groups in total. The lowest BCUT2D eigenvalue weighted by molar-refractivity contribution is 0.0674. The highest BCUT2D eigenvalue weighted by molar-refractivity contribution is 5.98. The molecule has 3 heteroatoms. The van der Waals surface area contributed by atoms with Gasteiger partial charge in [0, 0.05) is 23.7 Å². The first-order chi connectivity index (χ1) is 14.1. The zero-order chi connectivity index (χ0) is 20.2. The third-order valence-electron chi connectivity index (χ3n) is 5.46.